The van der Waals surface area contributed by atoms with Gasteiger partial charge in [0.15, 0.2) is 0 Å². The molecule has 0 bridgehead atoms. The van der Waals surface area contributed by atoms with Gasteiger partial charge in [-0.25, -0.2) is 4.79 Å². The molecule has 0 saturated carbocycles. The summed E-state index contributed by atoms with van der Waals surface area (Å²) in [6.45, 7) is 3.52. The second-order valence-electron chi connectivity index (χ2n) is 4.81. The lowest BCUT2D eigenvalue weighted by atomic mass is 10.0. The summed E-state index contributed by atoms with van der Waals surface area (Å²) in [5.41, 5.74) is 0.943. The van der Waals surface area contributed by atoms with Gasteiger partial charge in [0.25, 0.3) is 0 Å². The first-order chi connectivity index (χ1) is 8.95. The zero-order valence-electron chi connectivity index (χ0n) is 11.2. The molecule has 102 valence electrons. The topological polar surface area (TPSA) is 40.6 Å². The molecule has 1 fully saturated rings. The van der Waals surface area contributed by atoms with Gasteiger partial charge in [-0.1, -0.05) is 30.3 Å². The summed E-state index contributed by atoms with van der Waals surface area (Å²) < 4.78 is 0. The number of benzene rings is 1. The summed E-state index contributed by atoms with van der Waals surface area (Å²) in [5.74, 6) is -0.350. The van der Waals surface area contributed by atoms with Gasteiger partial charge in [-0.15, -0.1) is 11.6 Å². The number of imide groups is 1. The first kappa shape index (κ1) is 13.9. The van der Waals surface area contributed by atoms with Crippen molar-refractivity contribution in [2.75, 3.05) is 7.05 Å². The maximum atomic E-state index is 12.2. The monoisotopic (exact) mass is 280 g/mol. The van der Waals surface area contributed by atoms with Crippen LogP contribution in [0.2, 0.25) is 0 Å². The molecule has 19 heavy (non-hydrogen) atoms. The van der Waals surface area contributed by atoms with Crippen molar-refractivity contribution in [1.29, 1.82) is 0 Å². The van der Waals surface area contributed by atoms with Crippen molar-refractivity contribution < 1.29 is 9.59 Å². The molecular formula is C14H17ClN2O2. The molecule has 1 aromatic rings. The van der Waals surface area contributed by atoms with Crippen LogP contribution in [0.25, 0.3) is 0 Å². The number of rotatable bonds is 2. The SMILES string of the molecule is C[C@@H](Cl)C(=O)N1C(=O)N(C)[C@@H](C)[C@H]1c1ccccc1. The van der Waals surface area contributed by atoms with Gasteiger partial charge in [0, 0.05) is 7.05 Å². The molecule has 2 rings (SSSR count). The summed E-state index contributed by atoms with van der Waals surface area (Å²) in [7, 11) is 1.70. The van der Waals surface area contributed by atoms with Crippen molar-refractivity contribution in [2.24, 2.45) is 0 Å². The average molecular weight is 281 g/mol. The third-order valence-corrected chi connectivity index (χ3v) is 3.76. The highest BCUT2D eigenvalue weighted by Crippen LogP contribution is 2.35. The van der Waals surface area contributed by atoms with E-state index in [-0.39, 0.29) is 24.0 Å². The first-order valence-electron chi connectivity index (χ1n) is 6.24. The van der Waals surface area contributed by atoms with Crippen molar-refractivity contribution in [1.82, 2.24) is 9.80 Å². The van der Waals surface area contributed by atoms with E-state index in [4.69, 9.17) is 11.6 Å². The van der Waals surface area contributed by atoms with Crippen molar-refractivity contribution in [3.05, 3.63) is 35.9 Å². The Labute approximate surface area is 117 Å². The van der Waals surface area contributed by atoms with Crippen molar-refractivity contribution in [3.63, 3.8) is 0 Å². The van der Waals surface area contributed by atoms with Gasteiger partial charge in [-0.3, -0.25) is 9.69 Å². The molecule has 3 amide bonds. The Kier molecular flexibility index (Phi) is 3.80. The molecule has 0 aliphatic carbocycles. The molecule has 5 heteroatoms. The number of halogens is 1. The maximum Gasteiger partial charge on any atom is 0.327 e. The lowest BCUT2D eigenvalue weighted by Crippen LogP contribution is -2.40. The van der Waals surface area contributed by atoms with Crippen LogP contribution in [-0.4, -0.2) is 40.2 Å². The quantitative estimate of drug-likeness (QED) is 0.782. The Balaban J connectivity index is 2.43. The number of urea groups is 1. The van der Waals surface area contributed by atoms with E-state index >= 15 is 0 Å². The average Bonchev–Trinajstić information content (AvgIpc) is 2.63. The summed E-state index contributed by atoms with van der Waals surface area (Å²) >= 11 is 5.86. The Morgan fingerprint density at radius 3 is 2.42 bits per heavy atom. The molecule has 1 aromatic carbocycles. The highest BCUT2D eigenvalue weighted by atomic mass is 35.5. The lowest BCUT2D eigenvalue weighted by Gasteiger charge is -2.24. The van der Waals surface area contributed by atoms with Crippen LogP contribution in [0.1, 0.15) is 25.5 Å². The molecule has 0 radical (unpaired) electrons. The molecule has 1 heterocycles. The molecule has 0 aromatic heterocycles. The van der Waals surface area contributed by atoms with E-state index in [0.717, 1.165) is 5.56 Å². The highest BCUT2D eigenvalue weighted by molar-refractivity contribution is 6.31. The predicted octanol–water partition coefficient (Wildman–Crippen LogP) is 2.64. The number of hydrogen-bond donors (Lipinski definition) is 0. The molecule has 1 aliphatic heterocycles. The van der Waals surface area contributed by atoms with Crippen LogP contribution >= 0.6 is 11.6 Å². The normalized spacial score (nSPS) is 24.7. The van der Waals surface area contributed by atoms with Crippen LogP contribution in [0.3, 0.4) is 0 Å². The van der Waals surface area contributed by atoms with Gasteiger partial charge in [0.1, 0.15) is 5.38 Å². The number of nitrogens with zero attached hydrogens (tertiary/aromatic N) is 2. The Morgan fingerprint density at radius 2 is 1.89 bits per heavy atom. The number of alkyl halides is 1. The Morgan fingerprint density at radius 1 is 1.32 bits per heavy atom. The van der Waals surface area contributed by atoms with Crippen LogP contribution in [0.15, 0.2) is 30.3 Å². The van der Waals surface area contributed by atoms with Gasteiger partial charge >= 0.3 is 6.03 Å². The summed E-state index contributed by atoms with van der Waals surface area (Å²) in [6.07, 6.45) is 0. The van der Waals surface area contributed by atoms with Crippen LogP contribution in [0.4, 0.5) is 4.79 Å². The molecule has 0 N–H and O–H groups in total. The van der Waals surface area contributed by atoms with Gasteiger partial charge in [0.2, 0.25) is 5.91 Å². The maximum absolute atomic E-state index is 12.2. The van der Waals surface area contributed by atoms with E-state index in [0.29, 0.717) is 0 Å². The van der Waals surface area contributed by atoms with E-state index in [9.17, 15) is 9.59 Å². The fourth-order valence-corrected chi connectivity index (χ4v) is 2.50. The van der Waals surface area contributed by atoms with Gasteiger partial charge < -0.3 is 4.90 Å². The Hall–Kier alpha value is -1.55. The van der Waals surface area contributed by atoms with E-state index in [1.54, 1.807) is 18.9 Å². The number of carbonyl (C=O) groups is 2. The second kappa shape index (κ2) is 5.21. The number of likely N-dealkylation sites (N-methyl/N-ethyl adjacent to an activating group) is 1. The molecular weight excluding hydrogens is 264 g/mol. The number of carbonyl (C=O) groups excluding carboxylic acids is 2. The van der Waals surface area contributed by atoms with Gasteiger partial charge in [-0.05, 0) is 19.4 Å². The minimum atomic E-state index is -0.714. The van der Waals surface area contributed by atoms with Crippen molar-refractivity contribution in [3.8, 4) is 0 Å². The molecule has 4 nitrogen and oxygen atoms in total. The fraction of sp³-hybridized carbons (Fsp3) is 0.429. The zero-order valence-corrected chi connectivity index (χ0v) is 12.0. The van der Waals surface area contributed by atoms with E-state index in [1.807, 2.05) is 37.3 Å². The van der Waals surface area contributed by atoms with Crippen LogP contribution in [0.5, 0.6) is 0 Å². The second-order valence-corrected chi connectivity index (χ2v) is 5.47. The fourth-order valence-electron chi connectivity index (χ4n) is 2.39. The number of amides is 3. The zero-order chi connectivity index (χ0) is 14.2. The van der Waals surface area contributed by atoms with Gasteiger partial charge in [-0.2, -0.15) is 0 Å². The molecule has 3 atom stereocenters. The molecule has 1 saturated heterocycles. The summed E-state index contributed by atoms with van der Waals surface area (Å²) in [5, 5.41) is -0.714. The molecule has 0 unspecified atom stereocenters. The first-order valence-corrected chi connectivity index (χ1v) is 6.67. The lowest BCUT2D eigenvalue weighted by molar-refractivity contribution is -0.128. The summed E-state index contributed by atoms with van der Waals surface area (Å²) in [4.78, 5) is 27.2. The minimum Gasteiger partial charge on any atom is -0.322 e. The summed E-state index contributed by atoms with van der Waals surface area (Å²) in [6, 6.07) is 8.90. The minimum absolute atomic E-state index is 0.0748. The van der Waals surface area contributed by atoms with E-state index in [2.05, 4.69) is 0 Å². The van der Waals surface area contributed by atoms with Crippen molar-refractivity contribution >= 4 is 23.5 Å². The third kappa shape index (κ3) is 2.32. The third-order valence-electron chi connectivity index (χ3n) is 3.57. The predicted molar refractivity (Wildman–Crippen MR) is 74.0 cm³/mol. The van der Waals surface area contributed by atoms with Gasteiger partial charge in [0.05, 0.1) is 12.1 Å². The smallest absolute Gasteiger partial charge is 0.322 e. The molecule has 1 aliphatic rings. The standard InChI is InChI=1S/C14H17ClN2O2/c1-9(15)13(18)17-12(10(2)16(3)14(17)19)11-7-5-4-6-8-11/h4-10,12H,1-3H3/t9-,10+,12+/m1/s1. The van der Waals surface area contributed by atoms with Crippen molar-refractivity contribution in [2.45, 2.75) is 31.3 Å². The van der Waals surface area contributed by atoms with Crippen LogP contribution in [0, 0.1) is 0 Å². The number of hydrogen-bond acceptors (Lipinski definition) is 2. The molecule has 0 spiro atoms. The largest absolute Gasteiger partial charge is 0.327 e. The Bertz CT molecular complexity index is 481. The van der Waals surface area contributed by atoms with E-state index < -0.39 is 5.38 Å². The van der Waals surface area contributed by atoms with Crippen LogP contribution in [-0.2, 0) is 4.79 Å². The van der Waals surface area contributed by atoms with E-state index in [1.165, 1.54) is 4.90 Å². The van der Waals surface area contributed by atoms with Crippen LogP contribution < -0.4 is 0 Å². The highest BCUT2D eigenvalue weighted by Gasteiger charge is 2.46.